The van der Waals surface area contributed by atoms with Crippen LogP contribution in [0.15, 0.2) is 59.5 Å². The molecule has 0 aliphatic heterocycles. The first-order valence-electron chi connectivity index (χ1n) is 6.47. The molecule has 0 bridgehead atoms. The van der Waals surface area contributed by atoms with Gasteiger partial charge in [-0.25, -0.2) is 4.79 Å². The zero-order valence-electron chi connectivity index (χ0n) is 11.5. The molecule has 1 atom stereocenters. The van der Waals surface area contributed by atoms with Crippen molar-refractivity contribution in [2.45, 2.75) is 10.1 Å². The predicted molar refractivity (Wildman–Crippen MR) is 82.6 cm³/mol. The SMILES string of the molecule is O=C(O)c1ccc(OCC(Sc2ccccc2)C(=O)O)cc1. The summed E-state index contributed by atoms with van der Waals surface area (Å²) >= 11 is 1.21. The van der Waals surface area contributed by atoms with Gasteiger partial charge >= 0.3 is 11.9 Å². The lowest BCUT2D eigenvalue weighted by Crippen LogP contribution is -2.24. The summed E-state index contributed by atoms with van der Waals surface area (Å²) in [6, 6.07) is 15.1. The van der Waals surface area contributed by atoms with E-state index in [1.807, 2.05) is 30.3 Å². The van der Waals surface area contributed by atoms with E-state index in [-0.39, 0.29) is 12.2 Å². The third-order valence-electron chi connectivity index (χ3n) is 2.80. The van der Waals surface area contributed by atoms with E-state index >= 15 is 0 Å². The molecule has 0 saturated heterocycles. The van der Waals surface area contributed by atoms with E-state index in [0.717, 1.165) is 4.90 Å². The Balaban J connectivity index is 1.97. The summed E-state index contributed by atoms with van der Waals surface area (Å²) in [5.74, 6) is -1.55. The number of thioether (sulfide) groups is 1. The number of hydrogen-bond acceptors (Lipinski definition) is 4. The second-order valence-electron chi connectivity index (χ2n) is 4.40. The first-order valence-corrected chi connectivity index (χ1v) is 7.35. The minimum atomic E-state index is -1.02. The summed E-state index contributed by atoms with van der Waals surface area (Å²) in [6.07, 6.45) is 0. The van der Waals surface area contributed by atoms with Gasteiger partial charge in [0.1, 0.15) is 17.6 Å². The maximum absolute atomic E-state index is 11.3. The molecule has 0 aliphatic rings. The van der Waals surface area contributed by atoms with Crippen LogP contribution in [0.3, 0.4) is 0 Å². The van der Waals surface area contributed by atoms with Crippen LogP contribution >= 0.6 is 11.8 Å². The third-order valence-corrected chi connectivity index (χ3v) is 3.97. The molecular weight excluding hydrogens is 304 g/mol. The molecule has 0 radical (unpaired) electrons. The van der Waals surface area contributed by atoms with Gasteiger partial charge in [0.25, 0.3) is 0 Å². The van der Waals surface area contributed by atoms with E-state index in [2.05, 4.69) is 0 Å². The second-order valence-corrected chi connectivity index (χ2v) is 5.67. The number of aliphatic carboxylic acids is 1. The van der Waals surface area contributed by atoms with Gasteiger partial charge < -0.3 is 14.9 Å². The van der Waals surface area contributed by atoms with Crippen LogP contribution in [-0.2, 0) is 4.79 Å². The van der Waals surface area contributed by atoms with E-state index in [1.54, 1.807) is 0 Å². The summed E-state index contributed by atoms with van der Waals surface area (Å²) in [7, 11) is 0. The smallest absolute Gasteiger partial charge is 0.335 e. The van der Waals surface area contributed by atoms with Crippen LogP contribution in [-0.4, -0.2) is 34.0 Å². The molecule has 0 heterocycles. The largest absolute Gasteiger partial charge is 0.492 e. The first-order chi connectivity index (χ1) is 10.6. The van der Waals surface area contributed by atoms with Crippen LogP contribution in [0.2, 0.25) is 0 Å². The lowest BCUT2D eigenvalue weighted by Gasteiger charge is -2.13. The number of rotatable bonds is 7. The Kier molecular flexibility index (Phi) is 5.43. The summed E-state index contributed by atoms with van der Waals surface area (Å²) < 4.78 is 5.44. The molecule has 0 aliphatic carbocycles. The first kappa shape index (κ1) is 15.9. The topological polar surface area (TPSA) is 83.8 Å². The molecule has 0 amide bonds. The fourth-order valence-electron chi connectivity index (χ4n) is 1.68. The average Bonchev–Trinajstić information content (AvgIpc) is 2.52. The average molecular weight is 318 g/mol. The highest BCUT2D eigenvalue weighted by atomic mass is 32.2. The summed E-state index contributed by atoms with van der Waals surface area (Å²) in [5.41, 5.74) is 0.154. The van der Waals surface area contributed by atoms with Crippen molar-refractivity contribution in [3.63, 3.8) is 0 Å². The molecule has 114 valence electrons. The number of benzene rings is 2. The zero-order valence-corrected chi connectivity index (χ0v) is 12.3. The highest BCUT2D eigenvalue weighted by molar-refractivity contribution is 8.00. The molecule has 1 unspecified atom stereocenters. The minimum absolute atomic E-state index is 0.0126. The maximum Gasteiger partial charge on any atom is 0.335 e. The molecule has 6 heteroatoms. The molecule has 5 nitrogen and oxygen atoms in total. The molecule has 2 N–H and O–H groups in total. The van der Waals surface area contributed by atoms with Crippen molar-refractivity contribution in [3.8, 4) is 5.75 Å². The standard InChI is InChI=1S/C16H14O5S/c17-15(18)11-6-8-12(9-7-11)21-10-14(16(19)20)22-13-4-2-1-3-5-13/h1-9,14H,10H2,(H,17,18)(H,19,20). The number of aromatic carboxylic acids is 1. The van der Waals surface area contributed by atoms with Gasteiger partial charge in [-0.1, -0.05) is 18.2 Å². The van der Waals surface area contributed by atoms with Crippen molar-refractivity contribution in [1.29, 1.82) is 0 Å². The van der Waals surface area contributed by atoms with E-state index in [4.69, 9.17) is 9.84 Å². The van der Waals surface area contributed by atoms with Gasteiger partial charge in [-0.05, 0) is 36.4 Å². The van der Waals surface area contributed by atoms with Gasteiger partial charge in [-0.3, -0.25) is 4.79 Å². The van der Waals surface area contributed by atoms with Crippen molar-refractivity contribution < 1.29 is 24.5 Å². The molecule has 0 spiro atoms. The van der Waals surface area contributed by atoms with Crippen LogP contribution < -0.4 is 4.74 Å². The predicted octanol–water partition coefficient (Wildman–Crippen LogP) is 3.01. The third kappa shape index (κ3) is 4.53. The number of ether oxygens (including phenoxy) is 1. The fraction of sp³-hybridized carbons (Fsp3) is 0.125. The Morgan fingerprint density at radius 3 is 2.18 bits per heavy atom. The molecule has 0 saturated carbocycles. The molecule has 0 fully saturated rings. The molecule has 22 heavy (non-hydrogen) atoms. The molecule has 0 aromatic heterocycles. The highest BCUT2D eigenvalue weighted by Gasteiger charge is 2.20. The van der Waals surface area contributed by atoms with E-state index in [1.165, 1.54) is 36.0 Å². The van der Waals surface area contributed by atoms with Gasteiger partial charge in [-0.2, -0.15) is 0 Å². The maximum atomic E-state index is 11.3. The zero-order chi connectivity index (χ0) is 15.9. The second kappa shape index (κ2) is 7.51. The Labute approximate surface area is 131 Å². The van der Waals surface area contributed by atoms with Gasteiger partial charge in [0.15, 0.2) is 0 Å². The van der Waals surface area contributed by atoms with E-state index in [9.17, 15) is 14.7 Å². The number of carbonyl (C=O) groups is 2. The van der Waals surface area contributed by atoms with Crippen LogP contribution in [0, 0.1) is 0 Å². The normalized spacial score (nSPS) is 11.6. The monoisotopic (exact) mass is 318 g/mol. The number of carboxylic acids is 2. The Morgan fingerprint density at radius 1 is 1.00 bits per heavy atom. The van der Waals surface area contributed by atoms with E-state index in [0.29, 0.717) is 5.75 Å². The van der Waals surface area contributed by atoms with E-state index < -0.39 is 17.2 Å². The van der Waals surface area contributed by atoms with Crippen LogP contribution in [0.1, 0.15) is 10.4 Å². The van der Waals surface area contributed by atoms with Gasteiger partial charge in [0.05, 0.1) is 5.56 Å². The van der Waals surface area contributed by atoms with Crippen molar-refractivity contribution in [2.24, 2.45) is 0 Å². The van der Waals surface area contributed by atoms with Crippen LogP contribution in [0.5, 0.6) is 5.75 Å². The van der Waals surface area contributed by atoms with Crippen molar-refractivity contribution >= 4 is 23.7 Å². The van der Waals surface area contributed by atoms with Gasteiger partial charge in [-0.15, -0.1) is 11.8 Å². The molecular formula is C16H14O5S. The van der Waals surface area contributed by atoms with Gasteiger partial charge in [0.2, 0.25) is 0 Å². The number of hydrogen-bond donors (Lipinski definition) is 2. The van der Waals surface area contributed by atoms with Crippen LogP contribution in [0.25, 0.3) is 0 Å². The van der Waals surface area contributed by atoms with Gasteiger partial charge in [0, 0.05) is 4.90 Å². The fourth-order valence-corrected chi connectivity index (χ4v) is 2.56. The summed E-state index contributed by atoms with van der Waals surface area (Å²) in [6.45, 7) is -0.0126. The lowest BCUT2D eigenvalue weighted by molar-refractivity contribution is -0.136. The number of carboxylic acid groups (broad SMARTS) is 2. The lowest BCUT2D eigenvalue weighted by atomic mass is 10.2. The Hall–Kier alpha value is -2.47. The van der Waals surface area contributed by atoms with Crippen LogP contribution in [0.4, 0.5) is 0 Å². The molecule has 2 rings (SSSR count). The quantitative estimate of drug-likeness (QED) is 0.764. The minimum Gasteiger partial charge on any atom is -0.492 e. The molecule has 2 aromatic carbocycles. The summed E-state index contributed by atoms with van der Waals surface area (Å²) in [5, 5.41) is 17.3. The Bertz CT molecular complexity index is 639. The Morgan fingerprint density at radius 2 is 1.64 bits per heavy atom. The van der Waals surface area contributed by atoms with Crippen molar-refractivity contribution in [3.05, 3.63) is 60.2 Å². The summed E-state index contributed by atoms with van der Waals surface area (Å²) in [4.78, 5) is 22.9. The van der Waals surface area contributed by atoms with Crippen molar-refractivity contribution in [2.75, 3.05) is 6.61 Å². The highest BCUT2D eigenvalue weighted by Crippen LogP contribution is 2.24. The molecule has 2 aromatic rings. The van der Waals surface area contributed by atoms with Crippen molar-refractivity contribution in [1.82, 2.24) is 0 Å².